The number of carbonyl (C=O) groups excluding carboxylic acids is 3. The predicted molar refractivity (Wildman–Crippen MR) is 104 cm³/mol. The van der Waals surface area contributed by atoms with Gasteiger partial charge in [-0.3, -0.25) is 24.4 Å². The zero-order chi connectivity index (χ0) is 22.3. The first-order valence-corrected chi connectivity index (χ1v) is 9.19. The Kier molecular flexibility index (Phi) is 4.84. The molecule has 3 aromatic rings. The summed E-state index contributed by atoms with van der Waals surface area (Å²) in [6.45, 7) is 1.32. The maximum atomic E-state index is 13.5. The molecule has 10 heteroatoms. The number of hydrogen-bond donors (Lipinski definition) is 2. The molecule has 1 aromatic heterocycles. The molecule has 7 nitrogen and oxygen atoms in total. The van der Waals surface area contributed by atoms with Gasteiger partial charge in [0.2, 0.25) is 5.91 Å². The van der Waals surface area contributed by atoms with Gasteiger partial charge in [0.1, 0.15) is 11.7 Å². The molecule has 31 heavy (non-hydrogen) atoms. The van der Waals surface area contributed by atoms with Gasteiger partial charge in [-0.05, 0) is 24.6 Å². The molecule has 2 N–H and O–H groups in total. The molecule has 0 fully saturated rings. The molecule has 0 radical (unpaired) electrons. The third-order valence-electron chi connectivity index (χ3n) is 4.95. The molecule has 158 valence electrons. The van der Waals surface area contributed by atoms with E-state index in [0.717, 1.165) is 4.90 Å². The lowest BCUT2D eigenvalue weighted by molar-refractivity contribution is -0.140. The van der Waals surface area contributed by atoms with Gasteiger partial charge in [0.05, 0.1) is 16.7 Å². The van der Waals surface area contributed by atoms with Gasteiger partial charge in [0.15, 0.2) is 5.82 Å². The Morgan fingerprint density at radius 2 is 1.55 bits per heavy atom. The fourth-order valence-corrected chi connectivity index (χ4v) is 3.42. The predicted octanol–water partition coefficient (Wildman–Crippen LogP) is 3.72. The highest BCUT2D eigenvalue weighted by Crippen LogP contribution is 2.39. The zero-order valence-electron chi connectivity index (χ0n) is 16.0. The average Bonchev–Trinajstić information content (AvgIpc) is 3.28. The van der Waals surface area contributed by atoms with Crippen molar-refractivity contribution in [3.8, 4) is 11.1 Å². The van der Waals surface area contributed by atoms with E-state index in [4.69, 9.17) is 0 Å². The average molecular weight is 428 g/mol. The van der Waals surface area contributed by atoms with E-state index < -0.39 is 35.6 Å². The van der Waals surface area contributed by atoms with E-state index in [0.29, 0.717) is 0 Å². The second-order valence-electron chi connectivity index (χ2n) is 6.88. The molecule has 1 atom stereocenters. The number of imide groups is 1. The van der Waals surface area contributed by atoms with E-state index in [1.807, 2.05) is 5.10 Å². The summed E-state index contributed by atoms with van der Waals surface area (Å²) >= 11 is 0. The van der Waals surface area contributed by atoms with Crippen molar-refractivity contribution >= 4 is 23.5 Å². The standard InChI is InChI=1S/C21H15F3N4O3/c1-11(28-19(30)13-9-5-6-10-14(13)20(28)31)18(29)25-17-15(12-7-3-2-4-8-12)16(26-27-17)21(22,23)24/h2-11H,1H3,(H2,25,26,27,29). The topological polar surface area (TPSA) is 95.2 Å². The second-order valence-corrected chi connectivity index (χ2v) is 6.88. The maximum absolute atomic E-state index is 13.5. The Balaban J connectivity index is 1.65. The van der Waals surface area contributed by atoms with E-state index in [2.05, 4.69) is 10.4 Å². The van der Waals surface area contributed by atoms with Crippen LogP contribution in [0.25, 0.3) is 11.1 Å². The number of H-pyrrole nitrogens is 1. The first-order valence-electron chi connectivity index (χ1n) is 9.19. The molecule has 4 rings (SSSR count). The minimum absolute atomic E-state index is 0.163. The van der Waals surface area contributed by atoms with E-state index in [1.54, 1.807) is 30.3 Å². The number of rotatable bonds is 4. The van der Waals surface area contributed by atoms with Crippen LogP contribution in [0.3, 0.4) is 0 Å². The van der Waals surface area contributed by atoms with E-state index in [1.165, 1.54) is 31.2 Å². The Morgan fingerprint density at radius 1 is 1.00 bits per heavy atom. The number of amides is 3. The summed E-state index contributed by atoms with van der Waals surface area (Å²) in [5.41, 5.74) is -0.946. The number of carbonyl (C=O) groups is 3. The quantitative estimate of drug-likeness (QED) is 0.620. The van der Waals surface area contributed by atoms with Gasteiger partial charge >= 0.3 is 6.18 Å². The van der Waals surface area contributed by atoms with Crippen molar-refractivity contribution in [3.63, 3.8) is 0 Å². The van der Waals surface area contributed by atoms with Crippen LogP contribution in [0.4, 0.5) is 19.0 Å². The van der Waals surface area contributed by atoms with Crippen molar-refractivity contribution in [2.24, 2.45) is 0 Å². The maximum Gasteiger partial charge on any atom is 0.433 e. The largest absolute Gasteiger partial charge is 0.433 e. The number of aromatic nitrogens is 2. The normalized spacial score (nSPS) is 14.5. The molecule has 0 saturated heterocycles. The van der Waals surface area contributed by atoms with Crippen LogP contribution in [0.15, 0.2) is 54.6 Å². The highest BCUT2D eigenvalue weighted by molar-refractivity contribution is 6.23. The fraction of sp³-hybridized carbons (Fsp3) is 0.143. The Morgan fingerprint density at radius 3 is 2.10 bits per heavy atom. The van der Waals surface area contributed by atoms with E-state index in [9.17, 15) is 27.6 Å². The van der Waals surface area contributed by atoms with Gasteiger partial charge < -0.3 is 5.32 Å². The van der Waals surface area contributed by atoms with Gasteiger partial charge in [-0.1, -0.05) is 42.5 Å². The monoisotopic (exact) mass is 428 g/mol. The Hall–Kier alpha value is -3.95. The number of benzene rings is 2. The van der Waals surface area contributed by atoms with Crippen molar-refractivity contribution in [1.82, 2.24) is 15.1 Å². The summed E-state index contributed by atoms with van der Waals surface area (Å²) in [6.07, 6.45) is -4.74. The first-order chi connectivity index (χ1) is 14.7. The van der Waals surface area contributed by atoms with Crippen LogP contribution >= 0.6 is 0 Å². The number of nitrogens with one attached hydrogen (secondary N) is 2. The molecule has 1 aliphatic rings. The van der Waals surface area contributed by atoms with Gasteiger partial charge in [0, 0.05) is 0 Å². The SMILES string of the molecule is CC(C(=O)Nc1n[nH]c(C(F)(F)F)c1-c1ccccc1)N1C(=O)c2ccccc2C1=O. The minimum Gasteiger partial charge on any atom is -0.307 e. The summed E-state index contributed by atoms with van der Waals surface area (Å²) in [5, 5.41) is 7.86. The summed E-state index contributed by atoms with van der Waals surface area (Å²) in [5.74, 6) is -2.51. The number of halogens is 3. The van der Waals surface area contributed by atoms with Gasteiger partial charge in [-0.2, -0.15) is 18.3 Å². The highest BCUT2D eigenvalue weighted by Gasteiger charge is 2.42. The second kappa shape index (κ2) is 7.38. The van der Waals surface area contributed by atoms with Gasteiger partial charge in [-0.25, -0.2) is 0 Å². The molecular weight excluding hydrogens is 413 g/mol. The van der Waals surface area contributed by atoms with Crippen LogP contribution in [0.2, 0.25) is 0 Å². The van der Waals surface area contributed by atoms with Crippen LogP contribution in [0.5, 0.6) is 0 Å². The number of nitrogens with zero attached hydrogens (tertiary/aromatic N) is 2. The summed E-state index contributed by atoms with van der Waals surface area (Å²) < 4.78 is 40.4. The third kappa shape index (κ3) is 3.45. The van der Waals surface area contributed by atoms with Crippen LogP contribution < -0.4 is 5.32 Å². The van der Waals surface area contributed by atoms with Crippen molar-refractivity contribution in [3.05, 3.63) is 71.4 Å². The molecule has 0 bridgehead atoms. The van der Waals surface area contributed by atoms with Crippen LogP contribution in [0.1, 0.15) is 33.3 Å². The number of aromatic amines is 1. The summed E-state index contributed by atoms with van der Waals surface area (Å²) in [6, 6.07) is 12.5. The number of anilines is 1. The van der Waals surface area contributed by atoms with Crippen molar-refractivity contribution in [1.29, 1.82) is 0 Å². The lowest BCUT2D eigenvalue weighted by Crippen LogP contribution is -2.45. The molecule has 0 spiro atoms. The molecule has 3 amide bonds. The van der Waals surface area contributed by atoms with Crippen molar-refractivity contribution in [2.45, 2.75) is 19.1 Å². The molecule has 1 aliphatic heterocycles. The number of hydrogen-bond acceptors (Lipinski definition) is 4. The molecular formula is C21H15F3N4O3. The summed E-state index contributed by atoms with van der Waals surface area (Å²) in [7, 11) is 0. The summed E-state index contributed by atoms with van der Waals surface area (Å²) in [4.78, 5) is 38.7. The molecule has 2 aromatic carbocycles. The van der Waals surface area contributed by atoms with E-state index in [-0.39, 0.29) is 28.1 Å². The van der Waals surface area contributed by atoms with Crippen LogP contribution in [-0.2, 0) is 11.0 Å². The van der Waals surface area contributed by atoms with E-state index >= 15 is 0 Å². The van der Waals surface area contributed by atoms with Gasteiger partial charge in [-0.15, -0.1) is 0 Å². The smallest absolute Gasteiger partial charge is 0.307 e. The zero-order valence-corrected chi connectivity index (χ0v) is 16.0. The fourth-order valence-electron chi connectivity index (χ4n) is 3.42. The number of alkyl halides is 3. The lowest BCUT2D eigenvalue weighted by Gasteiger charge is -2.21. The minimum atomic E-state index is -4.74. The molecule has 1 unspecified atom stereocenters. The molecule has 0 aliphatic carbocycles. The highest BCUT2D eigenvalue weighted by atomic mass is 19.4. The Bertz CT molecular complexity index is 1150. The molecule has 2 heterocycles. The lowest BCUT2D eigenvalue weighted by atomic mass is 10.0. The first kappa shape index (κ1) is 20.3. The van der Waals surface area contributed by atoms with Crippen molar-refractivity contribution in [2.75, 3.05) is 5.32 Å². The molecule has 0 saturated carbocycles. The Labute approximate surface area is 173 Å². The van der Waals surface area contributed by atoms with Crippen LogP contribution in [-0.4, -0.2) is 38.9 Å². The van der Waals surface area contributed by atoms with Crippen molar-refractivity contribution < 1.29 is 27.6 Å². The van der Waals surface area contributed by atoms with Crippen LogP contribution in [0, 0.1) is 0 Å². The third-order valence-corrected chi connectivity index (χ3v) is 4.95. The number of fused-ring (bicyclic) bond motifs is 1. The van der Waals surface area contributed by atoms with Gasteiger partial charge in [0.25, 0.3) is 11.8 Å².